The van der Waals surface area contributed by atoms with Gasteiger partial charge >= 0.3 is 6.09 Å². The van der Waals surface area contributed by atoms with Gasteiger partial charge in [0.2, 0.25) is 0 Å². The predicted molar refractivity (Wildman–Crippen MR) is 84.2 cm³/mol. The minimum absolute atomic E-state index is 0.0948. The molecule has 0 aromatic heterocycles. The number of carbonyl (C=O) groups is 1. The standard InChI is InChI=1S/C15H27N5O2/c1-4-22-15(21)20-10-5-6-13(20)11-8-14(18-16-9(2)3)19-17-12(11)7-10/h10-14,17-19H,4-8H2,1-3H3. The predicted octanol–water partition coefficient (Wildman–Crippen LogP) is 1.17. The molecule has 2 bridgehead atoms. The Morgan fingerprint density at radius 1 is 1.32 bits per heavy atom. The van der Waals surface area contributed by atoms with Crippen LogP contribution in [0.3, 0.4) is 0 Å². The van der Waals surface area contributed by atoms with Gasteiger partial charge in [-0.2, -0.15) is 5.10 Å². The van der Waals surface area contributed by atoms with E-state index in [2.05, 4.69) is 21.4 Å². The van der Waals surface area contributed by atoms with E-state index in [9.17, 15) is 4.79 Å². The van der Waals surface area contributed by atoms with E-state index in [1.54, 1.807) is 0 Å². The van der Waals surface area contributed by atoms with Gasteiger partial charge in [0.1, 0.15) is 6.17 Å². The van der Waals surface area contributed by atoms with Crippen LogP contribution in [-0.2, 0) is 4.74 Å². The van der Waals surface area contributed by atoms with Crippen LogP contribution in [0.5, 0.6) is 0 Å². The van der Waals surface area contributed by atoms with Crippen LogP contribution in [0.1, 0.15) is 46.5 Å². The summed E-state index contributed by atoms with van der Waals surface area (Å²) in [5.41, 5.74) is 10.9. The number of carbonyl (C=O) groups excluding carboxylic acids is 1. The highest BCUT2D eigenvalue weighted by atomic mass is 16.6. The smallest absolute Gasteiger partial charge is 0.410 e. The molecule has 1 amide bonds. The van der Waals surface area contributed by atoms with Crippen molar-refractivity contribution >= 4 is 11.8 Å². The molecule has 3 N–H and O–H groups in total. The fraction of sp³-hybridized carbons (Fsp3) is 0.867. The van der Waals surface area contributed by atoms with E-state index >= 15 is 0 Å². The highest BCUT2D eigenvalue weighted by Gasteiger charge is 2.51. The Balaban J connectivity index is 1.69. The summed E-state index contributed by atoms with van der Waals surface area (Å²) < 4.78 is 5.26. The molecule has 7 heteroatoms. The second kappa shape index (κ2) is 6.42. The summed E-state index contributed by atoms with van der Waals surface area (Å²) in [4.78, 5) is 14.3. The third-order valence-electron chi connectivity index (χ3n) is 4.96. The van der Waals surface area contributed by atoms with Gasteiger partial charge in [0.25, 0.3) is 0 Å². The SMILES string of the molecule is CCOC(=O)N1C2CCC1C1CC(NN=C(C)C)NNC1C2. The lowest BCUT2D eigenvalue weighted by atomic mass is 9.81. The topological polar surface area (TPSA) is 78.0 Å². The largest absolute Gasteiger partial charge is 0.450 e. The van der Waals surface area contributed by atoms with Crippen molar-refractivity contribution < 1.29 is 9.53 Å². The first-order valence-corrected chi connectivity index (χ1v) is 8.32. The Labute approximate surface area is 131 Å². The van der Waals surface area contributed by atoms with E-state index in [0.717, 1.165) is 31.4 Å². The maximum Gasteiger partial charge on any atom is 0.410 e. The molecule has 7 nitrogen and oxygen atoms in total. The zero-order valence-corrected chi connectivity index (χ0v) is 13.6. The summed E-state index contributed by atoms with van der Waals surface area (Å²) in [5.74, 6) is 0.439. The molecule has 0 aromatic carbocycles. The number of fused-ring (bicyclic) bond motifs is 4. The van der Waals surface area contributed by atoms with Gasteiger partial charge in [-0.1, -0.05) is 0 Å². The number of hydrazone groups is 1. The van der Waals surface area contributed by atoms with E-state index in [1.165, 1.54) is 0 Å². The zero-order valence-electron chi connectivity index (χ0n) is 13.6. The Bertz CT molecular complexity index is 451. The number of ether oxygens (including phenoxy) is 1. The summed E-state index contributed by atoms with van der Waals surface area (Å²) in [5, 5.41) is 4.29. The van der Waals surface area contributed by atoms with Crippen molar-refractivity contribution in [3.8, 4) is 0 Å². The maximum absolute atomic E-state index is 12.3. The monoisotopic (exact) mass is 309 g/mol. The van der Waals surface area contributed by atoms with E-state index in [0.29, 0.717) is 24.6 Å². The third kappa shape index (κ3) is 2.92. The van der Waals surface area contributed by atoms with Gasteiger partial charge in [-0.3, -0.25) is 10.9 Å². The normalized spacial score (nSPS) is 36.5. The van der Waals surface area contributed by atoms with Crippen molar-refractivity contribution in [2.75, 3.05) is 6.61 Å². The molecule has 3 saturated heterocycles. The molecule has 0 saturated carbocycles. The van der Waals surface area contributed by atoms with Crippen LogP contribution in [0.4, 0.5) is 4.79 Å². The van der Waals surface area contributed by atoms with E-state index in [4.69, 9.17) is 4.74 Å². The Morgan fingerprint density at radius 3 is 2.86 bits per heavy atom. The van der Waals surface area contributed by atoms with E-state index in [-0.39, 0.29) is 18.3 Å². The molecule has 5 atom stereocenters. The van der Waals surface area contributed by atoms with Crippen molar-refractivity contribution in [3.63, 3.8) is 0 Å². The summed E-state index contributed by atoms with van der Waals surface area (Å²) in [6.45, 7) is 6.24. The van der Waals surface area contributed by atoms with Crippen molar-refractivity contribution in [1.82, 2.24) is 21.2 Å². The molecule has 22 heavy (non-hydrogen) atoms. The second-order valence-corrected chi connectivity index (χ2v) is 6.68. The molecular weight excluding hydrogens is 282 g/mol. The first-order valence-electron chi connectivity index (χ1n) is 8.32. The van der Waals surface area contributed by atoms with Gasteiger partial charge < -0.3 is 9.64 Å². The Kier molecular flexibility index (Phi) is 4.54. The molecule has 3 aliphatic rings. The number of nitrogens with zero attached hydrogens (tertiary/aromatic N) is 2. The minimum Gasteiger partial charge on any atom is -0.450 e. The third-order valence-corrected chi connectivity index (χ3v) is 4.96. The van der Waals surface area contributed by atoms with Crippen LogP contribution in [0.25, 0.3) is 0 Å². The number of nitrogens with one attached hydrogen (secondary N) is 3. The molecule has 3 aliphatic heterocycles. The molecule has 3 fully saturated rings. The van der Waals surface area contributed by atoms with Gasteiger partial charge in [0, 0.05) is 23.8 Å². The molecule has 5 unspecified atom stereocenters. The molecule has 0 aliphatic carbocycles. The van der Waals surface area contributed by atoms with E-state index in [1.807, 2.05) is 25.7 Å². The van der Waals surface area contributed by atoms with Gasteiger partial charge in [-0.25, -0.2) is 10.2 Å². The van der Waals surface area contributed by atoms with Crippen LogP contribution in [0.2, 0.25) is 0 Å². The number of hydrogen-bond acceptors (Lipinski definition) is 6. The van der Waals surface area contributed by atoms with E-state index < -0.39 is 0 Å². The van der Waals surface area contributed by atoms with Crippen LogP contribution in [0.15, 0.2) is 5.10 Å². The van der Waals surface area contributed by atoms with Crippen LogP contribution in [-0.4, -0.2) is 47.6 Å². The van der Waals surface area contributed by atoms with Gasteiger partial charge in [-0.15, -0.1) is 0 Å². The lowest BCUT2D eigenvalue weighted by Gasteiger charge is -2.48. The zero-order chi connectivity index (χ0) is 15.7. The summed E-state index contributed by atoms with van der Waals surface area (Å²) in [6, 6.07) is 1.03. The number of amides is 1. The number of piperidine rings is 1. The molecule has 0 spiro atoms. The Morgan fingerprint density at radius 2 is 2.14 bits per heavy atom. The average molecular weight is 309 g/mol. The van der Waals surface area contributed by atoms with Crippen LogP contribution < -0.4 is 16.3 Å². The fourth-order valence-corrected chi connectivity index (χ4v) is 4.10. The average Bonchev–Trinajstić information content (AvgIpc) is 2.81. The van der Waals surface area contributed by atoms with Gasteiger partial charge in [0.15, 0.2) is 0 Å². The maximum atomic E-state index is 12.3. The molecular formula is C15H27N5O2. The van der Waals surface area contributed by atoms with Crippen LogP contribution >= 0.6 is 0 Å². The van der Waals surface area contributed by atoms with Gasteiger partial charge in [-0.05, 0) is 52.4 Å². The van der Waals surface area contributed by atoms with Crippen molar-refractivity contribution in [2.45, 2.75) is 70.7 Å². The van der Waals surface area contributed by atoms with Crippen LogP contribution in [0, 0.1) is 5.92 Å². The number of hydrazine groups is 1. The van der Waals surface area contributed by atoms with Crippen molar-refractivity contribution in [2.24, 2.45) is 11.0 Å². The highest BCUT2D eigenvalue weighted by molar-refractivity contribution is 5.78. The van der Waals surface area contributed by atoms with Crippen molar-refractivity contribution in [3.05, 3.63) is 0 Å². The number of hydrogen-bond donors (Lipinski definition) is 3. The molecule has 124 valence electrons. The molecule has 0 aromatic rings. The quantitative estimate of drug-likeness (QED) is 0.539. The first-order chi connectivity index (χ1) is 10.6. The van der Waals surface area contributed by atoms with Crippen molar-refractivity contribution in [1.29, 1.82) is 0 Å². The molecule has 3 heterocycles. The lowest BCUT2D eigenvalue weighted by molar-refractivity contribution is 0.0140. The summed E-state index contributed by atoms with van der Waals surface area (Å²) in [6.07, 6.45) is 4.08. The second-order valence-electron chi connectivity index (χ2n) is 6.68. The molecule has 3 rings (SSSR count). The minimum atomic E-state index is -0.140. The summed E-state index contributed by atoms with van der Waals surface area (Å²) in [7, 11) is 0. The highest BCUT2D eigenvalue weighted by Crippen LogP contribution is 2.42. The number of rotatable bonds is 3. The fourth-order valence-electron chi connectivity index (χ4n) is 4.10. The summed E-state index contributed by atoms with van der Waals surface area (Å²) >= 11 is 0. The molecule has 0 radical (unpaired) electrons. The van der Waals surface area contributed by atoms with Gasteiger partial charge in [0.05, 0.1) is 6.61 Å². The first kappa shape index (κ1) is 15.6. The Hall–Kier alpha value is -1.34. The lowest BCUT2D eigenvalue weighted by Crippen LogP contribution is -2.67.